The summed E-state index contributed by atoms with van der Waals surface area (Å²) in [5.74, 6) is 2.06. The number of benzene rings is 1. The highest BCUT2D eigenvalue weighted by Gasteiger charge is 2.26. The quantitative estimate of drug-likeness (QED) is 0.837. The number of ether oxygens (including phenoxy) is 1. The monoisotopic (exact) mass is 244 g/mol. The molecule has 0 spiro atoms. The second-order valence-corrected chi connectivity index (χ2v) is 5.30. The Bertz CT molecular complexity index is 587. The Morgan fingerprint density at radius 1 is 1.28 bits per heavy atom. The van der Waals surface area contributed by atoms with Gasteiger partial charge >= 0.3 is 0 Å². The first kappa shape index (κ1) is 11.1. The van der Waals surface area contributed by atoms with Crippen molar-refractivity contribution in [2.24, 2.45) is 0 Å². The fraction of sp³-hybridized carbons (Fsp3) is 0.357. The molecule has 3 rings (SSSR count). The number of rotatable bonds is 1. The lowest BCUT2D eigenvalue weighted by Gasteiger charge is -2.32. The van der Waals surface area contributed by atoms with Gasteiger partial charge in [0.15, 0.2) is 11.6 Å². The van der Waals surface area contributed by atoms with E-state index in [1.54, 1.807) is 6.07 Å². The summed E-state index contributed by atoms with van der Waals surface area (Å²) in [6.45, 7) is 4.22. The van der Waals surface area contributed by atoms with Crippen molar-refractivity contribution in [1.82, 2.24) is 5.16 Å². The van der Waals surface area contributed by atoms with E-state index < -0.39 is 0 Å². The molecule has 4 heteroatoms. The molecule has 0 saturated heterocycles. The third-order valence-corrected chi connectivity index (χ3v) is 3.26. The summed E-state index contributed by atoms with van der Waals surface area (Å²) in [4.78, 5) is 0. The third-order valence-electron chi connectivity index (χ3n) is 3.26. The van der Waals surface area contributed by atoms with Crippen molar-refractivity contribution in [3.63, 3.8) is 0 Å². The molecule has 0 saturated carbocycles. The van der Waals surface area contributed by atoms with Crippen LogP contribution in [0.4, 0.5) is 5.82 Å². The SMILES string of the molecule is CC1(C)CCc2cc(-c3cc(N)no3)ccc2O1. The molecule has 1 aromatic carbocycles. The molecule has 0 aliphatic carbocycles. The lowest BCUT2D eigenvalue weighted by atomic mass is 9.93. The summed E-state index contributed by atoms with van der Waals surface area (Å²) in [5, 5.41) is 3.70. The van der Waals surface area contributed by atoms with Crippen molar-refractivity contribution < 1.29 is 9.26 Å². The zero-order chi connectivity index (χ0) is 12.8. The number of aromatic nitrogens is 1. The van der Waals surface area contributed by atoms with Crippen molar-refractivity contribution >= 4 is 5.82 Å². The van der Waals surface area contributed by atoms with Gasteiger partial charge in [0.05, 0.1) is 0 Å². The summed E-state index contributed by atoms with van der Waals surface area (Å²) in [5.41, 5.74) is 7.68. The number of hydrogen-bond donors (Lipinski definition) is 1. The summed E-state index contributed by atoms with van der Waals surface area (Å²) in [6, 6.07) is 7.78. The van der Waals surface area contributed by atoms with Crippen molar-refractivity contribution in [2.75, 3.05) is 5.73 Å². The topological polar surface area (TPSA) is 61.3 Å². The molecule has 2 heterocycles. The molecule has 0 bridgehead atoms. The lowest BCUT2D eigenvalue weighted by Crippen LogP contribution is -2.32. The molecular weight excluding hydrogens is 228 g/mol. The molecule has 1 aliphatic rings. The Kier molecular flexibility index (Phi) is 2.33. The Morgan fingerprint density at radius 2 is 2.11 bits per heavy atom. The van der Waals surface area contributed by atoms with Crippen molar-refractivity contribution in [2.45, 2.75) is 32.3 Å². The number of aryl methyl sites for hydroxylation is 1. The van der Waals surface area contributed by atoms with E-state index in [1.165, 1.54) is 5.56 Å². The van der Waals surface area contributed by atoms with Gasteiger partial charge in [-0.05, 0) is 50.5 Å². The Morgan fingerprint density at radius 3 is 2.83 bits per heavy atom. The first-order chi connectivity index (χ1) is 8.53. The van der Waals surface area contributed by atoms with Crippen molar-refractivity contribution in [3.8, 4) is 17.1 Å². The van der Waals surface area contributed by atoms with Crippen LogP contribution in [0.3, 0.4) is 0 Å². The molecule has 1 aromatic heterocycles. The number of anilines is 1. The van der Waals surface area contributed by atoms with E-state index in [4.69, 9.17) is 15.0 Å². The number of fused-ring (bicyclic) bond motifs is 1. The van der Waals surface area contributed by atoms with Gasteiger partial charge in [-0.1, -0.05) is 5.16 Å². The average molecular weight is 244 g/mol. The van der Waals surface area contributed by atoms with Crippen molar-refractivity contribution in [3.05, 3.63) is 29.8 Å². The van der Waals surface area contributed by atoms with E-state index in [1.807, 2.05) is 12.1 Å². The minimum atomic E-state index is -0.0782. The summed E-state index contributed by atoms with van der Waals surface area (Å²) in [6.07, 6.45) is 2.03. The fourth-order valence-corrected chi connectivity index (χ4v) is 2.24. The third kappa shape index (κ3) is 1.94. The molecule has 4 nitrogen and oxygen atoms in total. The van der Waals surface area contributed by atoms with Gasteiger partial charge in [0.25, 0.3) is 0 Å². The zero-order valence-electron chi connectivity index (χ0n) is 10.6. The van der Waals surface area contributed by atoms with Crippen LogP contribution in [0.2, 0.25) is 0 Å². The molecule has 0 radical (unpaired) electrons. The minimum Gasteiger partial charge on any atom is -0.488 e. The van der Waals surface area contributed by atoms with Crippen LogP contribution in [0.15, 0.2) is 28.8 Å². The van der Waals surface area contributed by atoms with E-state index in [0.717, 1.165) is 24.2 Å². The van der Waals surface area contributed by atoms with E-state index in [9.17, 15) is 0 Å². The van der Waals surface area contributed by atoms with E-state index in [2.05, 4.69) is 25.1 Å². The fourth-order valence-electron chi connectivity index (χ4n) is 2.24. The van der Waals surface area contributed by atoms with Gasteiger partial charge in [-0.15, -0.1) is 0 Å². The van der Waals surface area contributed by atoms with Crippen LogP contribution < -0.4 is 10.5 Å². The van der Waals surface area contributed by atoms with E-state index in [0.29, 0.717) is 11.6 Å². The maximum absolute atomic E-state index is 5.94. The van der Waals surface area contributed by atoms with Gasteiger partial charge in [0.2, 0.25) is 0 Å². The largest absolute Gasteiger partial charge is 0.488 e. The zero-order valence-corrected chi connectivity index (χ0v) is 10.6. The number of nitrogens with zero attached hydrogens (tertiary/aromatic N) is 1. The summed E-state index contributed by atoms with van der Waals surface area (Å²) >= 11 is 0. The molecule has 18 heavy (non-hydrogen) atoms. The maximum atomic E-state index is 5.94. The second kappa shape index (κ2) is 3.77. The van der Waals surface area contributed by atoms with Gasteiger partial charge in [-0.3, -0.25) is 0 Å². The number of nitrogen functional groups attached to an aromatic ring is 1. The standard InChI is InChI=1S/C14H16N2O2/c1-14(2)6-5-10-7-9(3-4-11(10)17-14)12-8-13(15)16-18-12/h3-4,7-8H,5-6H2,1-2H3,(H2,15,16). The van der Waals surface area contributed by atoms with Crippen LogP contribution in [-0.2, 0) is 6.42 Å². The smallest absolute Gasteiger partial charge is 0.169 e. The predicted octanol–water partition coefficient (Wildman–Crippen LogP) is 3.03. The van der Waals surface area contributed by atoms with E-state index >= 15 is 0 Å². The molecule has 1 aliphatic heterocycles. The Balaban J connectivity index is 1.97. The van der Waals surface area contributed by atoms with Crippen LogP contribution in [-0.4, -0.2) is 10.8 Å². The van der Waals surface area contributed by atoms with Gasteiger partial charge in [-0.25, -0.2) is 0 Å². The molecular formula is C14H16N2O2. The molecule has 0 unspecified atom stereocenters. The normalized spacial score (nSPS) is 17.0. The second-order valence-electron chi connectivity index (χ2n) is 5.30. The van der Waals surface area contributed by atoms with Gasteiger partial charge < -0.3 is 15.0 Å². The average Bonchev–Trinajstić information content (AvgIpc) is 2.74. The molecule has 0 fully saturated rings. The van der Waals surface area contributed by atoms with Crippen LogP contribution >= 0.6 is 0 Å². The molecule has 94 valence electrons. The Labute approximate surface area is 106 Å². The van der Waals surface area contributed by atoms with Crippen molar-refractivity contribution in [1.29, 1.82) is 0 Å². The molecule has 2 aromatic rings. The van der Waals surface area contributed by atoms with Gasteiger partial charge in [-0.2, -0.15) is 0 Å². The van der Waals surface area contributed by atoms with Gasteiger partial charge in [0.1, 0.15) is 11.4 Å². The van der Waals surface area contributed by atoms with Crippen LogP contribution in [0.25, 0.3) is 11.3 Å². The highest BCUT2D eigenvalue weighted by molar-refractivity contribution is 5.63. The highest BCUT2D eigenvalue weighted by atomic mass is 16.5. The minimum absolute atomic E-state index is 0.0782. The predicted molar refractivity (Wildman–Crippen MR) is 69.4 cm³/mol. The number of hydrogen-bond acceptors (Lipinski definition) is 4. The van der Waals surface area contributed by atoms with Crippen LogP contribution in [0.1, 0.15) is 25.8 Å². The van der Waals surface area contributed by atoms with Gasteiger partial charge in [0, 0.05) is 11.6 Å². The maximum Gasteiger partial charge on any atom is 0.169 e. The molecule has 0 atom stereocenters. The Hall–Kier alpha value is -1.97. The molecule has 0 amide bonds. The first-order valence-corrected chi connectivity index (χ1v) is 6.08. The highest BCUT2D eigenvalue weighted by Crippen LogP contribution is 2.35. The van der Waals surface area contributed by atoms with Crippen LogP contribution in [0.5, 0.6) is 5.75 Å². The lowest BCUT2D eigenvalue weighted by molar-refractivity contribution is 0.0847. The first-order valence-electron chi connectivity index (χ1n) is 6.08. The van der Waals surface area contributed by atoms with E-state index in [-0.39, 0.29) is 5.60 Å². The van der Waals surface area contributed by atoms with Crippen LogP contribution in [0, 0.1) is 0 Å². The number of nitrogens with two attached hydrogens (primary N) is 1. The molecule has 2 N–H and O–H groups in total. The summed E-state index contributed by atoms with van der Waals surface area (Å²) < 4.78 is 11.1. The summed E-state index contributed by atoms with van der Waals surface area (Å²) in [7, 11) is 0.